The number of hydrogen-bond acceptors (Lipinski definition) is 4. The largest absolute Gasteiger partial charge is 0.489 e. The average Bonchev–Trinajstić information content (AvgIpc) is 3.16. The van der Waals surface area contributed by atoms with E-state index in [1.165, 1.54) is 36.1 Å². The van der Waals surface area contributed by atoms with E-state index in [1.54, 1.807) is 29.7 Å². The number of rotatable bonds is 7. The number of aryl methyl sites for hydroxylation is 1. The molecule has 1 aromatic carbocycles. The summed E-state index contributed by atoms with van der Waals surface area (Å²) in [5, 5.41) is 4.70. The van der Waals surface area contributed by atoms with E-state index in [0.717, 1.165) is 48.2 Å². The van der Waals surface area contributed by atoms with Crippen LogP contribution in [0.4, 0.5) is 5.00 Å². The first-order chi connectivity index (χ1) is 15.2. The highest BCUT2D eigenvalue weighted by molar-refractivity contribution is 7.16. The summed E-state index contributed by atoms with van der Waals surface area (Å²) in [5.74, 6) is 0.732. The lowest BCUT2D eigenvalue weighted by molar-refractivity contribution is 0.0927. The van der Waals surface area contributed by atoms with Crippen molar-refractivity contribution < 1.29 is 9.53 Å². The van der Waals surface area contributed by atoms with Gasteiger partial charge in [-0.25, -0.2) is 4.99 Å². The minimum absolute atomic E-state index is 0.0349. The Labute approximate surface area is 193 Å². The van der Waals surface area contributed by atoms with Crippen molar-refractivity contribution in [2.75, 3.05) is 6.61 Å². The maximum Gasteiger partial charge on any atom is 0.254 e. The van der Waals surface area contributed by atoms with Gasteiger partial charge in [0.15, 0.2) is 0 Å². The van der Waals surface area contributed by atoms with Crippen LogP contribution in [0.25, 0.3) is 0 Å². The summed E-state index contributed by atoms with van der Waals surface area (Å²) in [6.45, 7) is 4.11. The predicted octanol–water partition coefficient (Wildman–Crippen LogP) is 6.66. The second-order valence-corrected chi connectivity index (χ2v) is 9.76. The molecule has 0 unspecified atom stereocenters. The molecule has 1 heterocycles. The Morgan fingerprint density at radius 1 is 1.23 bits per heavy atom. The third-order valence-electron chi connectivity index (χ3n) is 5.97. The Bertz CT molecular complexity index is 976. The van der Waals surface area contributed by atoms with E-state index in [0.29, 0.717) is 17.4 Å². The number of thiophene rings is 1. The third-order valence-corrected chi connectivity index (χ3v) is 7.40. The van der Waals surface area contributed by atoms with Crippen LogP contribution in [-0.2, 0) is 12.8 Å². The zero-order valence-electron chi connectivity index (χ0n) is 17.8. The lowest BCUT2D eigenvalue weighted by atomic mass is 9.93. The Hall–Kier alpha value is -2.11. The van der Waals surface area contributed by atoms with E-state index in [9.17, 15) is 4.79 Å². The van der Waals surface area contributed by atoms with Gasteiger partial charge in [-0.3, -0.25) is 4.79 Å². The maximum atomic E-state index is 13.3. The van der Waals surface area contributed by atoms with Crippen molar-refractivity contribution in [3.8, 4) is 5.75 Å². The summed E-state index contributed by atoms with van der Waals surface area (Å²) in [7, 11) is 0. The van der Waals surface area contributed by atoms with Gasteiger partial charge in [-0.1, -0.05) is 43.5 Å². The van der Waals surface area contributed by atoms with Gasteiger partial charge in [0.05, 0.1) is 5.56 Å². The first-order valence-corrected chi connectivity index (χ1v) is 12.4. The first kappa shape index (κ1) is 22.1. The van der Waals surface area contributed by atoms with Gasteiger partial charge in [-0.15, -0.1) is 11.3 Å². The SMILES string of the molecule is C=CCOc1ccc(Cl)cc1C=Nc1sc2c(c1C(=O)NC1CCCCC1)CCCC2. The standard InChI is InChI=1S/C25H29ClN2O2S/c1-2-14-30-21-13-12-18(26)15-17(21)16-27-25-23(20-10-6-7-11-22(20)31-25)24(29)28-19-8-4-3-5-9-19/h2,12-13,15-16,19H,1,3-11,14H2,(H,28,29). The number of fused-ring (bicyclic) bond motifs is 1. The monoisotopic (exact) mass is 456 g/mol. The van der Waals surface area contributed by atoms with Crippen LogP contribution in [-0.4, -0.2) is 24.8 Å². The summed E-state index contributed by atoms with van der Waals surface area (Å²) in [4.78, 5) is 19.4. The molecule has 4 nitrogen and oxygen atoms in total. The highest BCUT2D eigenvalue weighted by Crippen LogP contribution is 2.40. The number of hydrogen-bond donors (Lipinski definition) is 1. The van der Waals surface area contributed by atoms with Crippen LogP contribution in [0, 0.1) is 0 Å². The Kier molecular flexibility index (Phi) is 7.46. The fourth-order valence-corrected chi connectivity index (χ4v) is 5.82. The lowest BCUT2D eigenvalue weighted by Crippen LogP contribution is -2.36. The van der Waals surface area contributed by atoms with Crippen LogP contribution >= 0.6 is 22.9 Å². The summed E-state index contributed by atoms with van der Waals surface area (Å²) in [6.07, 6.45) is 13.6. The molecule has 0 atom stereocenters. The number of aliphatic imine (C=N–C) groups is 1. The van der Waals surface area contributed by atoms with Gasteiger partial charge in [0.2, 0.25) is 0 Å². The Morgan fingerprint density at radius 3 is 2.84 bits per heavy atom. The van der Waals surface area contributed by atoms with Crippen LogP contribution in [0.5, 0.6) is 5.75 Å². The van der Waals surface area contributed by atoms with E-state index in [1.807, 2.05) is 12.1 Å². The molecule has 0 aliphatic heterocycles. The van der Waals surface area contributed by atoms with Crippen molar-refractivity contribution in [3.05, 3.63) is 57.4 Å². The van der Waals surface area contributed by atoms with E-state index >= 15 is 0 Å². The Morgan fingerprint density at radius 2 is 2.03 bits per heavy atom. The van der Waals surface area contributed by atoms with E-state index in [4.69, 9.17) is 21.3 Å². The molecule has 31 heavy (non-hydrogen) atoms. The summed E-state index contributed by atoms with van der Waals surface area (Å²) >= 11 is 7.86. The number of amides is 1. The smallest absolute Gasteiger partial charge is 0.254 e. The van der Waals surface area contributed by atoms with Crippen molar-refractivity contribution in [1.29, 1.82) is 0 Å². The van der Waals surface area contributed by atoms with Crippen LogP contribution in [0.2, 0.25) is 5.02 Å². The van der Waals surface area contributed by atoms with Gasteiger partial charge in [0.1, 0.15) is 17.4 Å². The van der Waals surface area contributed by atoms with Crippen molar-refractivity contribution in [2.24, 2.45) is 4.99 Å². The summed E-state index contributed by atoms with van der Waals surface area (Å²) in [5.41, 5.74) is 2.77. The minimum atomic E-state index is 0.0349. The first-order valence-electron chi connectivity index (χ1n) is 11.2. The van der Waals surface area contributed by atoms with Gasteiger partial charge in [0, 0.05) is 27.7 Å². The summed E-state index contributed by atoms with van der Waals surface area (Å²) < 4.78 is 5.75. The fraction of sp³-hybridized carbons (Fsp3) is 0.440. The quantitative estimate of drug-likeness (QED) is 0.374. The highest BCUT2D eigenvalue weighted by atomic mass is 35.5. The van der Waals surface area contributed by atoms with Crippen LogP contribution in [0.15, 0.2) is 35.8 Å². The van der Waals surface area contributed by atoms with Crippen molar-refractivity contribution in [1.82, 2.24) is 5.32 Å². The van der Waals surface area contributed by atoms with Crippen LogP contribution in [0.3, 0.4) is 0 Å². The van der Waals surface area contributed by atoms with Gasteiger partial charge < -0.3 is 10.1 Å². The van der Waals surface area contributed by atoms with Gasteiger partial charge in [-0.05, 0) is 62.3 Å². The minimum Gasteiger partial charge on any atom is -0.489 e. The van der Waals surface area contributed by atoms with Gasteiger partial charge in [0.25, 0.3) is 5.91 Å². The fourth-order valence-electron chi connectivity index (χ4n) is 4.41. The molecular weight excluding hydrogens is 428 g/mol. The third kappa shape index (κ3) is 5.39. The van der Waals surface area contributed by atoms with Crippen LogP contribution in [0.1, 0.15) is 71.3 Å². The molecule has 6 heteroatoms. The number of nitrogens with zero attached hydrogens (tertiary/aromatic N) is 1. The lowest BCUT2D eigenvalue weighted by Gasteiger charge is -2.23. The number of halogens is 1. The van der Waals surface area contributed by atoms with Gasteiger partial charge >= 0.3 is 0 Å². The predicted molar refractivity (Wildman–Crippen MR) is 130 cm³/mol. The molecule has 1 amide bonds. The number of nitrogens with one attached hydrogen (secondary N) is 1. The molecule has 1 fully saturated rings. The Balaban J connectivity index is 1.64. The molecule has 4 rings (SSSR count). The van der Waals surface area contributed by atoms with Gasteiger partial charge in [-0.2, -0.15) is 0 Å². The molecule has 0 radical (unpaired) electrons. The molecule has 2 aliphatic rings. The zero-order chi connectivity index (χ0) is 21.6. The van der Waals surface area contributed by atoms with Crippen molar-refractivity contribution in [2.45, 2.75) is 63.8 Å². The highest BCUT2D eigenvalue weighted by Gasteiger charge is 2.27. The molecule has 0 saturated heterocycles. The number of ether oxygens (including phenoxy) is 1. The molecular formula is C25H29ClN2O2S. The summed E-state index contributed by atoms with van der Waals surface area (Å²) in [6, 6.07) is 5.75. The second kappa shape index (κ2) is 10.5. The molecule has 164 valence electrons. The molecule has 2 aromatic rings. The molecule has 2 aliphatic carbocycles. The number of benzene rings is 1. The van der Waals surface area contributed by atoms with E-state index < -0.39 is 0 Å². The van der Waals surface area contributed by atoms with E-state index in [-0.39, 0.29) is 11.9 Å². The van der Waals surface area contributed by atoms with E-state index in [2.05, 4.69) is 11.9 Å². The zero-order valence-corrected chi connectivity index (χ0v) is 19.4. The maximum absolute atomic E-state index is 13.3. The van der Waals surface area contributed by atoms with Crippen LogP contribution < -0.4 is 10.1 Å². The average molecular weight is 457 g/mol. The van der Waals surface area contributed by atoms with Crippen molar-refractivity contribution >= 4 is 40.1 Å². The normalized spacial score (nSPS) is 16.8. The number of carbonyl (C=O) groups excluding carboxylic acids is 1. The molecule has 0 spiro atoms. The second-order valence-electron chi connectivity index (χ2n) is 8.24. The topological polar surface area (TPSA) is 50.7 Å². The van der Waals surface area contributed by atoms with Crippen molar-refractivity contribution in [3.63, 3.8) is 0 Å². The molecule has 1 saturated carbocycles. The number of carbonyl (C=O) groups is 1. The molecule has 1 aromatic heterocycles. The molecule has 1 N–H and O–H groups in total. The molecule has 0 bridgehead atoms.